The van der Waals surface area contributed by atoms with Crippen LogP contribution in [-0.4, -0.2) is 24.7 Å². The molecule has 0 atom stereocenters. The van der Waals surface area contributed by atoms with Crippen LogP contribution in [0.15, 0.2) is 18.2 Å². The summed E-state index contributed by atoms with van der Waals surface area (Å²) in [5.74, 6) is 1.35. The number of fused-ring (bicyclic) bond motifs is 1. The summed E-state index contributed by atoms with van der Waals surface area (Å²) in [6.07, 6.45) is 4.16. The Kier molecular flexibility index (Phi) is 5.10. The summed E-state index contributed by atoms with van der Waals surface area (Å²) in [4.78, 5) is 11.7. The van der Waals surface area contributed by atoms with Crippen molar-refractivity contribution in [1.29, 1.82) is 0 Å². The van der Waals surface area contributed by atoms with Crippen LogP contribution in [0.5, 0.6) is 11.5 Å². The van der Waals surface area contributed by atoms with E-state index in [4.69, 9.17) is 9.47 Å². The normalized spacial score (nSPS) is 15.2. The van der Waals surface area contributed by atoms with Crippen LogP contribution >= 0.6 is 0 Å². The monoisotopic (exact) mass is 291 g/mol. The number of carbonyl (C=O) groups excluding carboxylic acids is 1. The average Bonchev–Trinajstić information content (AvgIpc) is 2.75. The van der Waals surface area contributed by atoms with Crippen molar-refractivity contribution in [3.8, 4) is 11.5 Å². The SMILES string of the molecule is CCCCCNC(=O)COc1cccc2c1OC(C)(C)C2. The van der Waals surface area contributed by atoms with Crippen molar-refractivity contribution in [2.24, 2.45) is 0 Å². The first-order valence-corrected chi connectivity index (χ1v) is 7.72. The van der Waals surface area contributed by atoms with E-state index in [0.29, 0.717) is 12.3 Å². The molecule has 0 spiro atoms. The third-order valence-corrected chi connectivity index (χ3v) is 3.52. The number of rotatable bonds is 7. The standard InChI is InChI=1S/C17H25NO3/c1-4-5-6-10-18-15(19)12-20-14-9-7-8-13-11-17(2,3)21-16(13)14/h7-9H,4-6,10-12H2,1-3H3,(H,18,19). The number of hydrogen-bond donors (Lipinski definition) is 1. The van der Waals surface area contributed by atoms with Crippen molar-refractivity contribution in [1.82, 2.24) is 5.32 Å². The second kappa shape index (κ2) is 6.83. The summed E-state index contributed by atoms with van der Waals surface area (Å²) in [5, 5.41) is 2.87. The molecule has 4 heteroatoms. The number of para-hydroxylation sites is 1. The van der Waals surface area contributed by atoms with Crippen LogP contribution < -0.4 is 14.8 Å². The zero-order valence-corrected chi connectivity index (χ0v) is 13.2. The largest absolute Gasteiger partial charge is 0.483 e. The molecule has 0 aromatic heterocycles. The molecular weight excluding hydrogens is 266 g/mol. The molecule has 4 nitrogen and oxygen atoms in total. The first-order chi connectivity index (χ1) is 10.0. The van der Waals surface area contributed by atoms with Gasteiger partial charge in [-0.15, -0.1) is 0 Å². The highest BCUT2D eigenvalue weighted by molar-refractivity contribution is 5.77. The lowest BCUT2D eigenvalue weighted by Crippen LogP contribution is -2.29. The van der Waals surface area contributed by atoms with Gasteiger partial charge in [0.2, 0.25) is 0 Å². The zero-order chi connectivity index (χ0) is 15.3. The van der Waals surface area contributed by atoms with E-state index >= 15 is 0 Å². The Morgan fingerprint density at radius 1 is 1.38 bits per heavy atom. The Morgan fingerprint density at radius 2 is 2.19 bits per heavy atom. The van der Waals surface area contributed by atoms with E-state index in [1.165, 1.54) is 0 Å². The summed E-state index contributed by atoms with van der Waals surface area (Å²) in [6, 6.07) is 5.84. The lowest BCUT2D eigenvalue weighted by molar-refractivity contribution is -0.123. The molecule has 1 N–H and O–H groups in total. The predicted octanol–water partition coefficient (Wildman–Crippen LogP) is 3.09. The molecule has 1 aliphatic heterocycles. The quantitative estimate of drug-likeness (QED) is 0.785. The smallest absolute Gasteiger partial charge is 0.257 e. The van der Waals surface area contributed by atoms with Crippen LogP contribution in [0.25, 0.3) is 0 Å². The second-order valence-corrected chi connectivity index (χ2v) is 6.13. The summed E-state index contributed by atoms with van der Waals surface area (Å²) in [7, 11) is 0. The minimum Gasteiger partial charge on any atom is -0.483 e. The fourth-order valence-corrected chi connectivity index (χ4v) is 2.50. The number of nitrogens with one attached hydrogen (secondary N) is 1. The van der Waals surface area contributed by atoms with E-state index in [2.05, 4.69) is 26.1 Å². The molecule has 0 saturated heterocycles. The van der Waals surface area contributed by atoms with Gasteiger partial charge < -0.3 is 14.8 Å². The van der Waals surface area contributed by atoms with Gasteiger partial charge in [-0.25, -0.2) is 0 Å². The van der Waals surface area contributed by atoms with Crippen molar-refractivity contribution in [3.05, 3.63) is 23.8 Å². The Bertz CT molecular complexity index is 497. The van der Waals surface area contributed by atoms with Gasteiger partial charge in [-0.05, 0) is 26.3 Å². The van der Waals surface area contributed by atoms with E-state index in [9.17, 15) is 4.79 Å². The fourth-order valence-electron chi connectivity index (χ4n) is 2.50. The van der Waals surface area contributed by atoms with Crippen molar-refractivity contribution in [3.63, 3.8) is 0 Å². The zero-order valence-electron chi connectivity index (χ0n) is 13.2. The maximum atomic E-state index is 11.7. The lowest BCUT2D eigenvalue weighted by atomic mass is 10.0. The van der Waals surface area contributed by atoms with Gasteiger partial charge in [0.1, 0.15) is 5.60 Å². The molecule has 1 aromatic carbocycles. The van der Waals surface area contributed by atoms with Crippen LogP contribution in [-0.2, 0) is 11.2 Å². The highest BCUT2D eigenvalue weighted by Crippen LogP contribution is 2.41. The minimum absolute atomic E-state index is 0.0341. The second-order valence-electron chi connectivity index (χ2n) is 6.13. The van der Waals surface area contributed by atoms with Gasteiger partial charge in [-0.2, -0.15) is 0 Å². The van der Waals surface area contributed by atoms with Crippen LogP contribution in [0, 0.1) is 0 Å². The van der Waals surface area contributed by atoms with Crippen molar-refractivity contribution in [2.45, 2.75) is 52.1 Å². The molecule has 0 radical (unpaired) electrons. The van der Waals surface area contributed by atoms with Gasteiger partial charge in [0.05, 0.1) is 0 Å². The Morgan fingerprint density at radius 3 is 2.95 bits per heavy atom. The highest BCUT2D eigenvalue weighted by atomic mass is 16.5. The average molecular weight is 291 g/mol. The van der Waals surface area contributed by atoms with Gasteiger partial charge in [0.15, 0.2) is 18.1 Å². The number of carbonyl (C=O) groups is 1. The number of benzene rings is 1. The molecule has 1 heterocycles. The Balaban J connectivity index is 1.85. The summed E-state index contributed by atoms with van der Waals surface area (Å²) >= 11 is 0. The molecule has 21 heavy (non-hydrogen) atoms. The van der Waals surface area contributed by atoms with E-state index < -0.39 is 0 Å². The molecular formula is C17H25NO3. The third-order valence-electron chi connectivity index (χ3n) is 3.52. The van der Waals surface area contributed by atoms with Gasteiger partial charge in [-0.3, -0.25) is 4.79 Å². The van der Waals surface area contributed by atoms with Crippen LogP contribution in [0.1, 0.15) is 45.6 Å². The molecule has 0 unspecified atom stereocenters. The maximum Gasteiger partial charge on any atom is 0.257 e. The number of ether oxygens (including phenoxy) is 2. The minimum atomic E-state index is -0.204. The van der Waals surface area contributed by atoms with Crippen LogP contribution in [0.3, 0.4) is 0 Å². The topological polar surface area (TPSA) is 47.6 Å². The van der Waals surface area contributed by atoms with Gasteiger partial charge in [0.25, 0.3) is 5.91 Å². The first-order valence-electron chi connectivity index (χ1n) is 7.72. The number of hydrogen-bond acceptors (Lipinski definition) is 3. The van der Waals surface area contributed by atoms with Crippen molar-refractivity contribution < 1.29 is 14.3 Å². The Labute approximate surface area is 126 Å². The molecule has 0 aliphatic carbocycles. The van der Waals surface area contributed by atoms with Crippen molar-refractivity contribution >= 4 is 5.91 Å². The van der Waals surface area contributed by atoms with E-state index in [1.807, 2.05) is 18.2 Å². The van der Waals surface area contributed by atoms with Crippen LogP contribution in [0.4, 0.5) is 0 Å². The summed E-state index contributed by atoms with van der Waals surface area (Å²) in [5.41, 5.74) is 0.936. The van der Waals surface area contributed by atoms with E-state index in [-0.39, 0.29) is 18.1 Å². The van der Waals surface area contributed by atoms with E-state index in [1.54, 1.807) is 0 Å². The molecule has 0 bridgehead atoms. The van der Waals surface area contributed by atoms with Crippen molar-refractivity contribution in [2.75, 3.05) is 13.2 Å². The molecule has 1 aliphatic rings. The molecule has 1 aromatic rings. The Hall–Kier alpha value is -1.71. The van der Waals surface area contributed by atoms with Gasteiger partial charge in [-0.1, -0.05) is 31.9 Å². The predicted molar refractivity (Wildman–Crippen MR) is 82.9 cm³/mol. The maximum absolute atomic E-state index is 11.7. The van der Waals surface area contributed by atoms with Crippen LogP contribution in [0.2, 0.25) is 0 Å². The molecule has 2 rings (SSSR count). The molecule has 116 valence electrons. The molecule has 0 saturated carbocycles. The van der Waals surface area contributed by atoms with E-state index in [0.717, 1.165) is 37.0 Å². The third kappa shape index (κ3) is 4.38. The number of amides is 1. The van der Waals surface area contributed by atoms with Gasteiger partial charge >= 0.3 is 0 Å². The molecule has 1 amide bonds. The highest BCUT2D eigenvalue weighted by Gasteiger charge is 2.32. The van der Waals surface area contributed by atoms with Gasteiger partial charge in [0, 0.05) is 18.5 Å². The summed E-state index contributed by atoms with van der Waals surface area (Å²) < 4.78 is 11.5. The lowest BCUT2D eigenvalue weighted by Gasteiger charge is -2.18. The number of unbranched alkanes of at least 4 members (excludes halogenated alkanes) is 2. The first kappa shape index (κ1) is 15.7. The molecule has 0 fully saturated rings. The summed E-state index contributed by atoms with van der Waals surface area (Å²) in [6.45, 7) is 7.00. The fraction of sp³-hybridized carbons (Fsp3) is 0.588.